The summed E-state index contributed by atoms with van der Waals surface area (Å²) in [7, 11) is 1.59. The van der Waals surface area contributed by atoms with Crippen LogP contribution in [0.25, 0.3) is 10.8 Å². The van der Waals surface area contributed by atoms with E-state index in [0.717, 1.165) is 12.7 Å². The van der Waals surface area contributed by atoms with Crippen molar-refractivity contribution in [2.45, 2.75) is 6.42 Å². The first-order valence-electron chi connectivity index (χ1n) is 7.54. The molecule has 3 heteroatoms. The lowest BCUT2D eigenvalue weighted by Gasteiger charge is -2.12. The fourth-order valence-electron chi connectivity index (χ4n) is 2.66. The van der Waals surface area contributed by atoms with Gasteiger partial charge in [-0.05, 0) is 34.5 Å². The number of fused-ring (bicyclic) bond motifs is 1. The number of hydrogen-bond acceptors (Lipinski definition) is 3. The van der Waals surface area contributed by atoms with Crippen LogP contribution in [0, 0.1) is 0 Å². The minimum atomic E-state index is 0.521. The second kappa shape index (κ2) is 6.97. The zero-order valence-corrected chi connectivity index (χ0v) is 13.0. The predicted octanol–water partition coefficient (Wildman–Crippen LogP) is 4.28. The Hall–Kier alpha value is -2.81. The minimum absolute atomic E-state index is 0.521. The lowest BCUT2D eigenvalue weighted by molar-refractivity contribution is 0.112. The van der Waals surface area contributed by atoms with E-state index in [2.05, 4.69) is 30.3 Å². The third-order valence-electron chi connectivity index (χ3n) is 3.83. The number of carbonyl (C=O) groups is 1. The second-order valence-electron chi connectivity index (χ2n) is 5.26. The molecule has 3 aromatic carbocycles. The number of hydrogen-bond donors (Lipinski definition) is 0. The van der Waals surface area contributed by atoms with Crippen molar-refractivity contribution in [3.8, 4) is 11.5 Å². The molecule has 0 unspecified atom stereocenters. The van der Waals surface area contributed by atoms with E-state index in [1.807, 2.05) is 12.1 Å². The van der Waals surface area contributed by atoms with Crippen LogP contribution in [0.1, 0.15) is 15.9 Å². The Morgan fingerprint density at radius 2 is 1.78 bits per heavy atom. The number of aldehydes is 1. The van der Waals surface area contributed by atoms with Crippen LogP contribution in [-0.2, 0) is 6.42 Å². The third-order valence-corrected chi connectivity index (χ3v) is 3.83. The maximum absolute atomic E-state index is 10.9. The summed E-state index contributed by atoms with van der Waals surface area (Å²) >= 11 is 0. The van der Waals surface area contributed by atoms with Crippen molar-refractivity contribution in [2.24, 2.45) is 0 Å². The topological polar surface area (TPSA) is 35.5 Å². The first-order chi connectivity index (χ1) is 11.3. The zero-order chi connectivity index (χ0) is 16.1. The Labute approximate surface area is 135 Å². The van der Waals surface area contributed by atoms with Crippen molar-refractivity contribution < 1.29 is 14.3 Å². The summed E-state index contributed by atoms with van der Waals surface area (Å²) < 4.78 is 11.1. The monoisotopic (exact) mass is 306 g/mol. The van der Waals surface area contributed by atoms with Crippen molar-refractivity contribution in [1.29, 1.82) is 0 Å². The van der Waals surface area contributed by atoms with E-state index in [9.17, 15) is 4.79 Å². The molecular formula is C20H18O3. The molecule has 3 aromatic rings. The van der Waals surface area contributed by atoms with Crippen LogP contribution in [0.15, 0.2) is 60.7 Å². The fraction of sp³-hybridized carbons (Fsp3) is 0.150. The molecule has 0 bridgehead atoms. The van der Waals surface area contributed by atoms with Crippen LogP contribution in [0.2, 0.25) is 0 Å². The van der Waals surface area contributed by atoms with Gasteiger partial charge in [-0.25, -0.2) is 0 Å². The molecule has 23 heavy (non-hydrogen) atoms. The Kier molecular flexibility index (Phi) is 4.57. The molecule has 0 aliphatic carbocycles. The van der Waals surface area contributed by atoms with Gasteiger partial charge >= 0.3 is 0 Å². The van der Waals surface area contributed by atoms with Crippen molar-refractivity contribution in [3.63, 3.8) is 0 Å². The van der Waals surface area contributed by atoms with Gasteiger partial charge in [-0.3, -0.25) is 4.79 Å². The number of ether oxygens (including phenoxy) is 2. The quantitative estimate of drug-likeness (QED) is 0.638. The number of methoxy groups -OCH3 is 1. The third kappa shape index (κ3) is 3.34. The van der Waals surface area contributed by atoms with Crippen molar-refractivity contribution >= 4 is 17.1 Å². The number of benzene rings is 3. The smallest absolute Gasteiger partial charge is 0.161 e. The molecule has 0 atom stereocenters. The van der Waals surface area contributed by atoms with Gasteiger partial charge in [0.15, 0.2) is 11.5 Å². The Balaban J connectivity index is 1.75. The van der Waals surface area contributed by atoms with Crippen LogP contribution in [-0.4, -0.2) is 20.0 Å². The van der Waals surface area contributed by atoms with Gasteiger partial charge < -0.3 is 9.47 Å². The fourth-order valence-corrected chi connectivity index (χ4v) is 2.66. The van der Waals surface area contributed by atoms with Gasteiger partial charge in [0, 0.05) is 12.0 Å². The average Bonchev–Trinajstić information content (AvgIpc) is 2.61. The lowest BCUT2D eigenvalue weighted by atomic mass is 10.0. The van der Waals surface area contributed by atoms with E-state index in [4.69, 9.17) is 9.47 Å². The average molecular weight is 306 g/mol. The van der Waals surface area contributed by atoms with Crippen LogP contribution in [0.3, 0.4) is 0 Å². The summed E-state index contributed by atoms with van der Waals surface area (Å²) in [5.41, 5.74) is 1.82. The van der Waals surface area contributed by atoms with Gasteiger partial charge in [-0.2, -0.15) is 0 Å². The molecule has 0 radical (unpaired) electrons. The van der Waals surface area contributed by atoms with Crippen LogP contribution in [0.4, 0.5) is 0 Å². The molecule has 0 aromatic heterocycles. The van der Waals surface area contributed by atoms with Gasteiger partial charge in [0.25, 0.3) is 0 Å². The predicted molar refractivity (Wildman–Crippen MR) is 91.5 cm³/mol. The molecule has 3 nitrogen and oxygen atoms in total. The Bertz CT molecular complexity index is 819. The maximum Gasteiger partial charge on any atom is 0.161 e. The number of rotatable bonds is 6. The largest absolute Gasteiger partial charge is 0.493 e. The molecule has 0 saturated carbocycles. The summed E-state index contributed by atoms with van der Waals surface area (Å²) in [6, 6.07) is 19.8. The minimum Gasteiger partial charge on any atom is -0.493 e. The van der Waals surface area contributed by atoms with Crippen molar-refractivity contribution in [3.05, 3.63) is 71.8 Å². The first-order valence-corrected chi connectivity index (χ1v) is 7.54. The van der Waals surface area contributed by atoms with E-state index < -0.39 is 0 Å². The summed E-state index contributed by atoms with van der Waals surface area (Å²) in [6.45, 7) is 0.521. The molecule has 0 spiro atoms. The highest BCUT2D eigenvalue weighted by molar-refractivity contribution is 5.85. The molecule has 0 heterocycles. The Morgan fingerprint density at radius 1 is 0.957 bits per heavy atom. The van der Waals surface area contributed by atoms with Gasteiger partial charge in [-0.1, -0.05) is 42.5 Å². The summed E-state index contributed by atoms with van der Waals surface area (Å²) in [5, 5.41) is 2.47. The lowest BCUT2D eigenvalue weighted by Crippen LogP contribution is -2.03. The molecule has 0 N–H and O–H groups in total. The molecule has 0 aliphatic rings. The second-order valence-corrected chi connectivity index (χ2v) is 5.26. The zero-order valence-electron chi connectivity index (χ0n) is 13.0. The SMILES string of the molecule is COc1ccc(C=O)cc1OCCc1cccc2ccccc12. The molecule has 0 aliphatic heterocycles. The van der Waals surface area contributed by atoms with E-state index in [0.29, 0.717) is 23.7 Å². The van der Waals surface area contributed by atoms with E-state index in [1.54, 1.807) is 25.3 Å². The van der Waals surface area contributed by atoms with Crippen LogP contribution < -0.4 is 9.47 Å². The standard InChI is InChI=1S/C20H18O3/c1-22-19-10-9-15(14-21)13-20(19)23-12-11-17-7-4-6-16-5-2-3-8-18(16)17/h2-10,13-14H,11-12H2,1H3. The number of carbonyl (C=O) groups excluding carboxylic acids is 1. The van der Waals surface area contributed by atoms with Gasteiger partial charge in [0.2, 0.25) is 0 Å². The molecule has 116 valence electrons. The van der Waals surface area contributed by atoms with Crippen LogP contribution >= 0.6 is 0 Å². The molecule has 0 saturated heterocycles. The summed E-state index contributed by atoms with van der Waals surface area (Å²) in [5.74, 6) is 1.23. The van der Waals surface area contributed by atoms with E-state index in [-0.39, 0.29) is 0 Å². The van der Waals surface area contributed by atoms with Crippen LogP contribution in [0.5, 0.6) is 11.5 Å². The molecule has 0 amide bonds. The summed E-state index contributed by atoms with van der Waals surface area (Å²) in [4.78, 5) is 10.9. The van der Waals surface area contributed by atoms with Crippen molar-refractivity contribution in [2.75, 3.05) is 13.7 Å². The molecule has 0 fully saturated rings. The van der Waals surface area contributed by atoms with E-state index in [1.165, 1.54) is 16.3 Å². The van der Waals surface area contributed by atoms with E-state index >= 15 is 0 Å². The van der Waals surface area contributed by atoms with Gasteiger partial charge in [-0.15, -0.1) is 0 Å². The normalized spacial score (nSPS) is 10.5. The summed E-state index contributed by atoms with van der Waals surface area (Å²) in [6.07, 6.45) is 1.59. The van der Waals surface area contributed by atoms with Gasteiger partial charge in [0.1, 0.15) is 6.29 Å². The Morgan fingerprint density at radius 3 is 2.61 bits per heavy atom. The highest BCUT2D eigenvalue weighted by atomic mass is 16.5. The maximum atomic E-state index is 10.9. The molecule has 3 rings (SSSR count). The molecular weight excluding hydrogens is 288 g/mol. The first kappa shape index (κ1) is 15.1. The van der Waals surface area contributed by atoms with Gasteiger partial charge in [0.05, 0.1) is 13.7 Å². The van der Waals surface area contributed by atoms with Crippen molar-refractivity contribution in [1.82, 2.24) is 0 Å². The highest BCUT2D eigenvalue weighted by Crippen LogP contribution is 2.28. The highest BCUT2D eigenvalue weighted by Gasteiger charge is 2.06.